The molecule has 0 saturated carbocycles. The summed E-state index contributed by atoms with van der Waals surface area (Å²) in [6.45, 7) is 3.36. The SMILES string of the molecule is Cc1ccc(Br)c2nc3c(c(NN)c12)COCC3. The number of ether oxygens (including phenoxy) is 1. The predicted molar refractivity (Wildman–Crippen MR) is 75.4 cm³/mol. The Labute approximate surface area is 114 Å². The highest BCUT2D eigenvalue weighted by Gasteiger charge is 2.20. The van der Waals surface area contributed by atoms with E-state index in [1.807, 2.05) is 6.07 Å². The summed E-state index contributed by atoms with van der Waals surface area (Å²) in [5.41, 5.74) is 8.04. The molecule has 1 aliphatic rings. The van der Waals surface area contributed by atoms with Gasteiger partial charge >= 0.3 is 0 Å². The van der Waals surface area contributed by atoms with Gasteiger partial charge in [-0.1, -0.05) is 6.07 Å². The number of nitrogens with two attached hydrogens (primary N) is 1. The predicted octanol–water partition coefficient (Wildman–Crippen LogP) is 2.66. The third-order valence-corrected chi connectivity index (χ3v) is 4.00. The van der Waals surface area contributed by atoms with Crippen molar-refractivity contribution in [2.75, 3.05) is 12.0 Å². The van der Waals surface area contributed by atoms with Gasteiger partial charge in [-0.3, -0.25) is 10.8 Å². The smallest absolute Gasteiger partial charge is 0.0871 e. The van der Waals surface area contributed by atoms with Crippen LogP contribution in [-0.2, 0) is 17.8 Å². The van der Waals surface area contributed by atoms with E-state index in [1.54, 1.807) is 0 Å². The first-order valence-electron chi connectivity index (χ1n) is 5.87. The molecular weight excluding hydrogens is 294 g/mol. The van der Waals surface area contributed by atoms with Crippen LogP contribution >= 0.6 is 15.9 Å². The first kappa shape index (κ1) is 11.9. The molecule has 0 spiro atoms. The summed E-state index contributed by atoms with van der Waals surface area (Å²) in [7, 11) is 0. The van der Waals surface area contributed by atoms with Crippen molar-refractivity contribution < 1.29 is 4.74 Å². The van der Waals surface area contributed by atoms with E-state index in [-0.39, 0.29) is 0 Å². The highest BCUT2D eigenvalue weighted by atomic mass is 79.9. The number of anilines is 1. The van der Waals surface area contributed by atoms with E-state index in [2.05, 4.69) is 34.3 Å². The van der Waals surface area contributed by atoms with Crippen molar-refractivity contribution in [1.29, 1.82) is 0 Å². The quantitative estimate of drug-likeness (QED) is 0.628. The number of aromatic nitrogens is 1. The summed E-state index contributed by atoms with van der Waals surface area (Å²) in [5, 5.41) is 1.07. The summed E-state index contributed by atoms with van der Waals surface area (Å²) >= 11 is 3.56. The Bertz CT molecular complexity index is 627. The Morgan fingerprint density at radius 1 is 1.44 bits per heavy atom. The molecule has 0 saturated heterocycles. The molecule has 1 aromatic heterocycles. The number of hydrogen-bond donors (Lipinski definition) is 2. The Morgan fingerprint density at radius 3 is 3.06 bits per heavy atom. The largest absolute Gasteiger partial charge is 0.376 e. The summed E-state index contributed by atoms with van der Waals surface area (Å²) in [4.78, 5) is 4.76. The fourth-order valence-corrected chi connectivity index (χ4v) is 2.87. The normalized spacial score (nSPS) is 14.6. The van der Waals surface area contributed by atoms with Crippen molar-refractivity contribution in [2.24, 2.45) is 5.84 Å². The maximum atomic E-state index is 5.71. The molecule has 18 heavy (non-hydrogen) atoms. The van der Waals surface area contributed by atoms with Crippen LogP contribution in [0.15, 0.2) is 16.6 Å². The average Bonchev–Trinajstić information content (AvgIpc) is 2.41. The van der Waals surface area contributed by atoms with E-state index < -0.39 is 0 Å². The number of nitrogens with zero attached hydrogens (tertiary/aromatic N) is 1. The van der Waals surface area contributed by atoms with Gasteiger partial charge in [0.15, 0.2) is 0 Å². The number of fused-ring (bicyclic) bond motifs is 2. The van der Waals surface area contributed by atoms with Crippen molar-refractivity contribution >= 4 is 32.5 Å². The van der Waals surface area contributed by atoms with E-state index in [0.29, 0.717) is 6.61 Å². The van der Waals surface area contributed by atoms with Crippen LogP contribution in [0.4, 0.5) is 5.69 Å². The van der Waals surface area contributed by atoms with E-state index in [4.69, 9.17) is 15.6 Å². The van der Waals surface area contributed by atoms with Crippen molar-refractivity contribution in [3.63, 3.8) is 0 Å². The van der Waals surface area contributed by atoms with Crippen LogP contribution in [-0.4, -0.2) is 11.6 Å². The zero-order valence-electron chi connectivity index (χ0n) is 10.1. The molecule has 1 aromatic carbocycles. The van der Waals surface area contributed by atoms with Gasteiger partial charge in [0.05, 0.1) is 30.1 Å². The number of rotatable bonds is 1. The molecular formula is C13H14BrN3O. The van der Waals surface area contributed by atoms with Crippen LogP contribution in [0.2, 0.25) is 0 Å². The van der Waals surface area contributed by atoms with Gasteiger partial charge in [0.2, 0.25) is 0 Å². The maximum absolute atomic E-state index is 5.71. The van der Waals surface area contributed by atoms with Crippen molar-refractivity contribution in [2.45, 2.75) is 20.0 Å². The highest BCUT2D eigenvalue weighted by molar-refractivity contribution is 9.10. The van der Waals surface area contributed by atoms with Gasteiger partial charge in [-0.25, -0.2) is 0 Å². The molecule has 0 radical (unpaired) electrons. The highest BCUT2D eigenvalue weighted by Crippen LogP contribution is 2.35. The summed E-state index contributed by atoms with van der Waals surface area (Å²) < 4.78 is 6.50. The van der Waals surface area contributed by atoms with Crippen LogP contribution in [0.5, 0.6) is 0 Å². The van der Waals surface area contributed by atoms with E-state index >= 15 is 0 Å². The number of benzene rings is 1. The Balaban J connectivity index is 2.44. The number of nitrogen functional groups attached to an aromatic ring is 1. The van der Waals surface area contributed by atoms with Gasteiger partial charge < -0.3 is 10.2 Å². The lowest BCUT2D eigenvalue weighted by Crippen LogP contribution is -2.18. The third kappa shape index (κ3) is 1.70. The summed E-state index contributed by atoms with van der Waals surface area (Å²) in [6.07, 6.45) is 0.834. The zero-order chi connectivity index (χ0) is 12.7. The zero-order valence-corrected chi connectivity index (χ0v) is 11.7. The van der Waals surface area contributed by atoms with Crippen LogP contribution < -0.4 is 11.3 Å². The third-order valence-electron chi connectivity index (χ3n) is 3.36. The van der Waals surface area contributed by atoms with Crippen molar-refractivity contribution in [3.8, 4) is 0 Å². The molecule has 0 fully saturated rings. The number of nitrogens with one attached hydrogen (secondary N) is 1. The summed E-state index contributed by atoms with van der Waals surface area (Å²) in [6, 6.07) is 4.09. The van der Waals surface area contributed by atoms with Crippen LogP contribution in [0.1, 0.15) is 16.8 Å². The maximum Gasteiger partial charge on any atom is 0.0871 e. The van der Waals surface area contributed by atoms with E-state index in [0.717, 1.165) is 50.9 Å². The minimum absolute atomic E-state index is 0.573. The Kier molecular flexibility index (Phi) is 2.97. The van der Waals surface area contributed by atoms with Crippen molar-refractivity contribution in [1.82, 2.24) is 4.98 Å². The lowest BCUT2D eigenvalue weighted by Gasteiger charge is -2.21. The molecule has 94 valence electrons. The van der Waals surface area contributed by atoms with Gasteiger partial charge in [-0.2, -0.15) is 0 Å². The summed E-state index contributed by atoms with van der Waals surface area (Å²) in [5.74, 6) is 5.71. The number of pyridine rings is 1. The minimum Gasteiger partial charge on any atom is -0.376 e. The standard InChI is InChI=1S/C13H14BrN3O/c1-7-2-3-9(14)13-11(7)12(17-15)8-6-18-5-4-10(8)16-13/h2-3H,4-6,15H2,1H3,(H,16,17). The van der Waals surface area contributed by atoms with Crippen LogP contribution in [0.3, 0.4) is 0 Å². The number of hydrazine groups is 1. The number of halogens is 1. The van der Waals surface area contributed by atoms with Gasteiger partial charge in [0, 0.05) is 21.8 Å². The molecule has 0 atom stereocenters. The van der Waals surface area contributed by atoms with Crippen molar-refractivity contribution in [3.05, 3.63) is 33.4 Å². The van der Waals surface area contributed by atoms with Gasteiger partial charge in [-0.05, 0) is 34.5 Å². The minimum atomic E-state index is 0.573. The van der Waals surface area contributed by atoms with Gasteiger partial charge in [0.25, 0.3) is 0 Å². The Morgan fingerprint density at radius 2 is 2.28 bits per heavy atom. The molecule has 0 unspecified atom stereocenters. The fourth-order valence-electron chi connectivity index (χ4n) is 2.45. The lowest BCUT2D eigenvalue weighted by molar-refractivity contribution is 0.110. The lowest BCUT2D eigenvalue weighted by atomic mass is 10.0. The second-order valence-corrected chi connectivity index (χ2v) is 5.30. The van der Waals surface area contributed by atoms with E-state index in [9.17, 15) is 0 Å². The molecule has 2 aromatic rings. The topological polar surface area (TPSA) is 60.2 Å². The number of hydrogen-bond acceptors (Lipinski definition) is 4. The van der Waals surface area contributed by atoms with E-state index in [1.165, 1.54) is 0 Å². The fraction of sp³-hybridized carbons (Fsp3) is 0.308. The first-order valence-corrected chi connectivity index (χ1v) is 6.66. The number of aryl methyl sites for hydroxylation is 1. The van der Waals surface area contributed by atoms with Crippen LogP contribution in [0, 0.1) is 6.92 Å². The first-order chi connectivity index (χ1) is 8.72. The average molecular weight is 308 g/mol. The second-order valence-electron chi connectivity index (χ2n) is 4.45. The van der Waals surface area contributed by atoms with Gasteiger partial charge in [0.1, 0.15) is 0 Å². The molecule has 0 amide bonds. The molecule has 3 N–H and O–H groups in total. The molecule has 1 aliphatic heterocycles. The Hall–Kier alpha value is -1.17. The molecule has 3 rings (SSSR count). The molecule has 2 heterocycles. The monoisotopic (exact) mass is 307 g/mol. The molecule has 0 bridgehead atoms. The molecule has 5 heteroatoms. The van der Waals surface area contributed by atoms with Gasteiger partial charge in [-0.15, -0.1) is 0 Å². The molecule has 4 nitrogen and oxygen atoms in total. The second kappa shape index (κ2) is 4.50. The van der Waals surface area contributed by atoms with Crippen LogP contribution in [0.25, 0.3) is 10.9 Å². The molecule has 0 aliphatic carbocycles.